The molecule has 6 aromatic heterocycles. The maximum atomic E-state index is 5.69. The monoisotopic (exact) mass is 792 g/mol. The predicted octanol–water partition coefficient (Wildman–Crippen LogP) is 12.8. The summed E-state index contributed by atoms with van der Waals surface area (Å²) in [6.07, 6.45) is 0. The van der Waals surface area contributed by atoms with Crippen molar-refractivity contribution in [2.24, 2.45) is 0 Å². The number of fused-ring (bicyclic) bond motifs is 13. The van der Waals surface area contributed by atoms with E-state index in [2.05, 4.69) is 212 Å². The Labute approximate surface area is 352 Å². The topological polar surface area (TPSA) is 71.3 Å². The van der Waals surface area contributed by atoms with Crippen molar-refractivity contribution in [3.05, 3.63) is 194 Å². The maximum absolute atomic E-state index is 5.69. The second-order valence-electron chi connectivity index (χ2n) is 15.9. The van der Waals surface area contributed by atoms with Crippen LogP contribution in [0.2, 0.25) is 0 Å². The third-order valence-electron chi connectivity index (χ3n) is 12.6. The molecule has 0 bridgehead atoms. The summed E-state index contributed by atoms with van der Waals surface area (Å²) in [5.74, 6) is 2.38. The maximum Gasteiger partial charge on any atom is 0.237 e. The van der Waals surface area contributed by atoms with Crippen molar-refractivity contribution < 1.29 is 0 Å². The molecule has 8 nitrogen and oxygen atoms in total. The molecule has 0 atom stereocenters. The predicted molar refractivity (Wildman–Crippen MR) is 252 cm³/mol. The van der Waals surface area contributed by atoms with Crippen LogP contribution in [0.1, 0.15) is 0 Å². The normalized spacial score (nSPS) is 12.2. The first-order chi connectivity index (χ1) is 30.8. The molecular formula is C54H32N8. The van der Waals surface area contributed by atoms with Crippen molar-refractivity contribution in [3.8, 4) is 23.5 Å². The summed E-state index contributed by atoms with van der Waals surface area (Å²) in [7, 11) is 0. The Morgan fingerprint density at radius 1 is 0.210 bits per heavy atom. The first-order valence-electron chi connectivity index (χ1n) is 20.8. The zero-order valence-corrected chi connectivity index (χ0v) is 33.1. The van der Waals surface area contributed by atoms with Crippen LogP contribution in [0.15, 0.2) is 194 Å². The quantitative estimate of drug-likeness (QED) is 0.178. The lowest BCUT2D eigenvalue weighted by atomic mass is 10.2. The van der Waals surface area contributed by atoms with Gasteiger partial charge in [0.15, 0.2) is 11.6 Å². The van der Waals surface area contributed by atoms with Crippen LogP contribution in [0.5, 0.6) is 0 Å². The highest BCUT2D eigenvalue weighted by atomic mass is 15.3. The third-order valence-corrected chi connectivity index (χ3v) is 12.6. The van der Waals surface area contributed by atoms with Gasteiger partial charge in [-0.2, -0.15) is 9.97 Å². The van der Waals surface area contributed by atoms with Gasteiger partial charge in [-0.15, -0.1) is 0 Å². The van der Waals surface area contributed by atoms with Gasteiger partial charge in [0.1, 0.15) is 11.0 Å². The Morgan fingerprint density at radius 3 is 0.629 bits per heavy atom. The fourth-order valence-electron chi connectivity index (χ4n) is 10.1. The van der Waals surface area contributed by atoms with Crippen LogP contribution < -0.4 is 0 Å². The van der Waals surface area contributed by atoms with Crippen LogP contribution in [0, 0.1) is 0 Å². The summed E-state index contributed by atoms with van der Waals surface area (Å²) in [5.41, 5.74) is 9.42. The second kappa shape index (κ2) is 12.5. The number of nitrogens with zero attached hydrogens (tertiary/aromatic N) is 8. The number of rotatable bonds is 4. The van der Waals surface area contributed by atoms with Crippen molar-refractivity contribution in [1.29, 1.82) is 0 Å². The summed E-state index contributed by atoms with van der Waals surface area (Å²) < 4.78 is 8.92. The number of hydrogen-bond donors (Lipinski definition) is 0. The van der Waals surface area contributed by atoms with Gasteiger partial charge in [0, 0.05) is 43.1 Å². The van der Waals surface area contributed by atoms with Gasteiger partial charge in [0.25, 0.3) is 0 Å². The summed E-state index contributed by atoms with van der Waals surface area (Å²) in [4.78, 5) is 22.7. The van der Waals surface area contributed by atoms with E-state index in [1.807, 2.05) is 0 Å². The molecule has 0 saturated carbocycles. The molecule has 0 aliphatic rings. The highest BCUT2D eigenvalue weighted by Gasteiger charge is 2.27. The third kappa shape index (κ3) is 4.44. The molecule has 8 aromatic carbocycles. The lowest BCUT2D eigenvalue weighted by Gasteiger charge is -2.18. The zero-order chi connectivity index (χ0) is 40.5. The fraction of sp³-hybridized carbons (Fsp3) is 0. The minimum absolute atomic E-state index is 0.530. The molecule has 0 aliphatic heterocycles. The van der Waals surface area contributed by atoms with E-state index in [0.29, 0.717) is 34.6 Å². The van der Waals surface area contributed by atoms with E-state index in [0.717, 1.165) is 87.2 Å². The summed E-state index contributed by atoms with van der Waals surface area (Å²) >= 11 is 0. The van der Waals surface area contributed by atoms with E-state index in [9.17, 15) is 0 Å². The van der Waals surface area contributed by atoms with E-state index in [1.54, 1.807) is 0 Å². The Hall–Kier alpha value is -8.62. The lowest BCUT2D eigenvalue weighted by Crippen LogP contribution is -2.13. The fourth-order valence-corrected chi connectivity index (χ4v) is 10.1. The Balaban J connectivity index is 1.23. The van der Waals surface area contributed by atoms with Gasteiger partial charge in [0.05, 0.1) is 44.1 Å². The van der Waals surface area contributed by atoms with E-state index in [1.165, 1.54) is 0 Å². The van der Waals surface area contributed by atoms with Gasteiger partial charge < -0.3 is 0 Å². The standard InChI is InChI=1S/C54H32N8/c1-9-25-41-33(17-1)34-18-2-10-26-42(34)59(41)51-49-50(56-53(57-51)61-45-29-13-5-21-37(45)38-22-6-14-30-46(38)61)52(60-43-27-11-3-19-35(43)36-20-4-12-28-44(36)60)58-54(55-49)62-47-31-15-7-23-39(47)40-24-8-16-32-48(40)62/h1-32H. The molecular weight excluding hydrogens is 761 g/mol. The zero-order valence-electron chi connectivity index (χ0n) is 33.1. The average Bonchev–Trinajstić information content (AvgIpc) is 4.06. The molecule has 0 saturated heterocycles. The van der Waals surface area contributed by atoms with Gasteiger partial charge >= 0.3 is 0 Å². The van der Waals surface area contributed by atoms with Crippen LogP contribution in [0.3, 0.4) is 0 Å². The summed E-state index contributed by atoms with van der Waals surface area (Å²) in [6, 6.07) is 68.2. The molecule has 288 valence electrons. The first-order valence-corrected chi connectivity index (χ1v) is 20.8. The number of para-hydroxylation sites is 8. The van der Waals surface area contributed by atoms with E-state index >= 15 is 0 Å². The molecule has 0 aliphatic carbocycles. The highest BCUT2D eigenvalue weighted by Crippen LogP contribution is 2.40. The molecule has 14 aromatic rings. The van der Waals surface area contributed by atoms with Gasteiger partial charge in [-0.3, -0.25) is 18.3 Å². The van der Waals surface area contributed by atoms with Crippen molar-refractivity contribution in [1.82, 2.24) is 38.2 Å². The van der Waals surface area contributed by atoms with Crippen LogP contribution in [-0.2, 0) is 0 Å². The molecule has 0 unspecified atom stereocenters. The van der Waals surface area contributed by atoms with Crippen molar-refractivity contribution in [2.75, 3.05) is 0 Å². The summed E-state index contributed by atoms with van der Waals surface area (Å²) in [6.45, 7) is 0. The van der Waals surface area contributed by atoms with Gasteiger partial charge in [-0.25, -0.2) is 9.97 Å². The minimum atomic E-state index is 0.530. The molecule has 14 rings (SSSR count). The van der Waals surface area contributed by atoms with Crippen molar-refractivity contribution >= 4 is 98.3 Å². The van der Waals surface area contributed by atoms with Crippen molar-refractivity contribution in [2.45, 2.75) is 0 Å². The van der Waals surface area contributed by atoms with Gasteiger partial charge in [0.2, 0.25) is 11.9 Å². The number of benzene rings is 8. The highest BCUT2D eigenvalue weighted by molar-refractivity contribution is 6.13. The number of aromatic nitrogens is 8. The van der Waals surface area contributed by atoms with Crippen LogP contribution in [0.25, 0.3) is 122 Å². The Bertz CT molecular complexity index is 3700. The van der Waals surface area contributed by atoms with E-state index in [-0.39, 0.29) is 0 Å². The van der Waals surface area contributed by atoms with E-state index in [4.69, 9.17) is 19.9 Å². The molecule has 0 radical (unpaired) electrons. The second-order valence-corrected chi connectivity index (χ2v) is 15.9. The smallest absolute Gasteiger partial charge is 0.237 e. The SMILES string of the molecule is c1ccc2c(c1)c1ccccc1n2-c1nc(-n2c3ccccc3c3ccccc32)c2nc(-n3c4ccccc4c4ccccc43)nc(-n3c4ccccc4c4ccccc43)c2n1. The first kappa shape index (κ1) is 33.2. The molecule has 6 heterocycles. The van der Waals surface area contributed by atoms with Crippen LogP contribution in [-0.4, -0.2) is 38.2 Å². The lowest BCUT2D eigenvalue weighted by molar-refractivity contribution is 0.928. The van der Waals surface area contributed by atoms with E-state index < -0.39 is 0 Å². The molecule has 0 spiro atoms. The van der Waals surface area contributed by atoms with Crippen LogP contribution in [0.4, 0.5) is 0 Å². The Morgan fingerprint density at radius 2 is 0.403 bits per heavy atom. The number of hydrogen-bond acceptors (Lipinski definition) is 4. The van der Waals surface area contributed by atoms with Crippen LogP contribution >= 0.6 is 0 Å². The minimum Gasteiger partial charge on any atom is -0.292 e. The molecule has 8 heteroatoms. The van der Waals surface area contributed by atoms with Crippen molar-refractivity contribution in [3.63, 3.8) is 0 Å². The molecule has 0 fully saturated rings. The molecule has 0 amide bonds. The van der Waals surface area contributed by atoms with Gasteiger partial charge in [-0.1, -0.05) is 146 Å². The average molecular weight is 793 g/mol. The van der Waals surface area contributed by atoms with Gasteiger partial charge in [-0.05, 0) is 48.5 Å². The summed E-state index contributed by atoms with van der Waals surface area (Å²) in [5, 5.41) is 9.05. The largest absolute Gasteiger partial charge is 0.292 e. The molecule has 0 N–H and O–H groups in total. The Kier molecular flexibility index (Phi) is 6.68. The molecule has 62 heavy (non-hydrogen) atoms.